The maximum atomic E-state index is 12.9. The Morgan fingerprint density at radius 2 is 1.71 bits per heavy atom. The third kappa shape index (κ3) is 3.05. The van der Waals surface area contributed by atoms with Gasteiger partial charge in [0.1, 0.15) is 12.0 Å². The molecule has 0 fully saturated rings. The first-order valence-corrected chi connectivity index (χ1v) is 9.06. The van der Waals surface area contributed by atoms with E-state index in [4.69, 9.17) is 4.42 Å². The molecule has 0 saturated carbocycles. The summed E-state index contributed by atoms with van der Waals surface area (Å²) in [5, 5.41) is 0. The molecular weight excluding hydrogens is 324 g/mol. The Hall–Kier alpha value is -2.60. The van der Waals surface area contributed by atoms with Gasteiger partial charge in [-0.05, 0) is 31.2 Å². The summed E-state index contributed by atoms with van der Waals surface area (Å²) in [5.41, 5.74) is 2.15. The second kappa shape index (κ2) is 6.49. The van der Waals surface area contributed by atoms with Crippen molar-refractivity contribution in [2.24, 2.45) is 0 Å². The van der Waals surface area contributed by atoms with Crippen molar-refractivity contribution < 1.29 is 12.8 Å². The molecule has 3 aromatic rings. The molecule has 3 rings (SSSR count). The number of aryl methyl sites for hydroxylation is 1. The van der Waals surface area contributed by atoms with Gasteiger partial charge >= 0.3 is 0 Å². The summed E-state index contributed by atoms with van der Waals surface area (Å²) in [4.78, 5) is 4.49. The first-order valence-electron chi connectivity index (χ1n) is 7.62. The average molecular weight is 342 g/mol. The lowest BCUT2D eigenvalue weighted by molar-refractivity contribution is 0.521. The molecule has 1 heterocycles. The van der Waals surface area contributed by atoms with Crippen LogP contribution < -0.4 is 4.31 Å². The molecule has 0 radical (unpaired) electrons. The molecule has 0 N–H and O–H groups in total. The Morgan fingerprint density at radius 1 is 1.04 bits per heavy atom. The van der Waals surface area contributed by atoms with Gasteiger partial charge in [0.05, 0.1) is 10.6 Å². The SMILES string of the molecule is CCN(c1ccccc1)S(=O)(=O)c1ccc(-c2coc(C)n2)cc1. The number of hydrogen-bond donors (Lipinski definition) is 0. The van der Waals surface area contributed by atoms with E-state index in [1.807, 2.05) is 25.1 Å². The second-order valence-electron chi connectivity index (χ2n) is 5.28. The minimum atomic E-state index is -3.61. The zero-order valence-corrected chi connectivity index (χ0v) is 14.3. The zero-order chi connectivity index (χ0) is 17.2. The van der Waals surface area contributed by atoms with Gasteiger partial charge in [-0.1, -0.05) is 30.3 Å². The van der Waals surface area contributed by atoms with Crippen molar-refractivity contribution in [2.75, 3.05) is 10.8 Å². The molecule has 124 valence electrons. The number of aromatic nitrogens is 1. The number of sulfonamides is 1. The largest absolute Gasteiger partial charge is 0.449 e. The summed E-state index contributed by atoms with van der Waals surface area (Å²) in [6, 6.07) is 15.7. The minimum Gasteiger partial charge on any atom is -0.449 e. The minimum absolute atomic E-state index is 0.247. The van der Waals surface area contributed by atoms with Crippen LogP contribution in [0.3, 0.4) is 0 Å². The first-order chi connectivity index (χ1) is 11.5. The van der Waals surface area contributed by atoms with E-state index in [9.17, 15) is 8.42 Å². The van der Waals surface area contributed by atoms with Crippen LogP contribution in [0.1, 0.15) is 12.8 Å². The molecule has 0 spiro atoms. The van der Waals surface area contributed by atoms with Crippen LogP contribution in [-0.2, 0) is 10.0 Å². The average Bonchev–Trinajstić information content (AvgIpc) is 3.03. The molecule has 0 saturated heterocycles. The predicted octanol–water partition coefficient (Wildman–Crippen LogP) is 3.87. The summed E-state index contributed by atoms with van der Waals surface area (Å²) in [6.07, 6.45) is 1.56. The van der Waals surface area contributed by atoms with Gasteiger partial charge in [-0.15, -0.1) is 0 Å². The van der Waals surface area contributed by atoms with Crippen LogP contribution in [0.4, 0.5) is 5.69 Å². The highest BCUT2D eigenvalue weighted by atomic mass is 32.2. The molecule has 0 amide bonds. The van der Waals surface area contributed by atoms with E-state index in [1.165, 1.54) is 4.31 Å². The van der Waals surface area contributed by atoms with Gasteiger partial charge in [0.25, 0.3) is 10.0 Å². The van der Waals surface area contributed by atoms with Crippen LogP contribution in [-0.4, -0.2) is 19.9 Å². The maximum Gasteiger partial charge on any atom is 0.264 e. The fourth-order valence-electron chi connectivity index (χ4n) is 2.51. The first kappa shape index (κ1) is 16.3. The Morgan fingerprint density at radius 3 is 2.25 bits per heavy atom. The molecule has 0 aliphatic rings. The number of benzene rings is 2. The van der Waals surface area contributed by atoms with Crippen molar-refractivity contribution in [1.29, 1.82) is 0 Å². The fourth-order valence-corrected chi connectivity index (χ4v) is 3.98. The van der Waals surface area contributed by atoms with Gasteiger partial charge in [-0.3, -0.25) is 4.31 Å². The molecule has 2 aromatic carbocycles. The summed E-state index contributed by atoms with van der Waals surface area (Å²) in [6.45, 7) is 3.94. The molecule has 6 heteroatoms. The lowest BCUT2D eigenvalue weighted by atomic mass is 10.2. The molecule has 0 unspecified atom stereocenters. The standard InChI is InChI=1S/C18H18N2O3S/c1-3-20(16-7-5-4-6-8-16)24(21,22)17-11-9-15(10-12-17)18-13-23-14(2)19-18/h4-13H,3H2,1-2H3. The van der Waals surface area contributed by atoms with Crippen LogP contribution in [0.15, 0.2) is 70.2 Å². The summed E-state index contributed by atoms with van der Waals surface area (Å²) in [7, 11) is -3.61. The Labute approximate surface area is 141 Å². The molecule has 0 aliphatic carbocycles. The molecule has 1 aromatic heterocycles. The normalized spacial score (nSPS) is 11.4. The van der Waals surface area contributed by atoms with E-state index in [0.717, 1.165) is 5.56 Å². The van der Waals surface area contributed by atoms with Crippen molar-refractivity contribution in [2.45, 2.75) is 18.7 Å². The Balaban J connectivity index is 1.95. The van der Waals surface area contributed by atoms with E-state index in [0.29, 0.717) is 23.8 Å². The summed E-state index contributed by atoms with van der Waals surface area (Å²) >= 11 is 0. The van der Waals surface area contributed by atoms with Gasteiger partial charge in [-0.25, -0.2) is 13.4 Å². The fraction of sp³-hybridized carbons (Fsp3) is 0.167. The Bertz CT molecular complexity index is 916. The molecular formula is C18H18N2O3S. The predicted molar refractivity (Wildman–Crippen MR) is 93.3 cm³/mol. The number of rotatable bonds is 5. The van der Waals surface area contributed by atoms with Crippen LogP contribution in [0, 0.1) is 6.92 Å². The smallest absolute Gasteiger partial charge is 0.264 e. The van der Waals surface area contributed by atoms with Crippen molar-refractivity contribution in [3.63, 3.8) is 0 Å². The van der Waals surface area contributed by atoms with Gasteiger partial charge in [0.15, 0.2) is 5.89 Å². The zero-order valence-electron chi connectivity index (χ0n) is 13.5. The van der Waals surface area contributed by atoms with Gasteiger partial charge in [0, 0.05) is 19.0 Å². The summed E-state index contributed by atoms with van der Waals surface area (Å²) < 4.78 is 32.4. The van der Waals surface area contributed by atoms with E-state index < -0.39 is 10.0 Å². The molecule has 0 atom stereocenters. The van der Waals surface area contributed by atoms with Gasteiger partial charge in [-0.2, -0.15) is 0 Å². The monoisotopic (exact) mass is 342 g/mol. The van der Waals surface area contributed by atoms with E-state index >= 15 is 0 Å². The number of nitrogens with zero attached hydrogens (tertiary/aromatic N) is 2. The van der Waals surface area contributed by atoms with E-state index in [1.54, 1.807) is 49.6 Å². The van der Waals surface area contributed by atoms with Crippen molar-refractivity contribution >= 4 is 15.7 Å². The number of anilines is 1. The highest BCUT2D eigenvalue weighted by molar-refractivity contribution is 7.92. The summed E-state index contributed by atoms with van der Waals surface area (Å²) in [5.74, 6) is 0.572. The molecule has 5 nitrogen and oxygen atoms in total. The van der Waals surface area contributed by atoms with Crippen LogP contribution in [0.5, 0.6) is 0 Å². The van der Waals surface area contributed by atoms with E-state index in [2.05, 4.69) is 4.98 Å². The number of hydrogen-bond acceptors (Lipinski definition) is 4. The lowest BCUT2D eigenvalue weighted by Crippen LogP contribution is -2.30. The van der Waals surface area contributed by atoms with Gasteiger partial charge in [0.2, 0.25) is 0 Å². The van der Waals surface area contributed by atoms with Crippen molar-refractivity contribution in [3.8, 4) is 11.3 Å². The number of para-hydroxylation sites is 1. The second-order valence-corrected chi connectivity index (χ2v) is 7.14. The topological polar surface area (TPSA) is 63.4 Å². The maximum absolute atomic E-state index is 12.9. The third-order valence-corrected chi connectivity index (χ3v) is 5.61. The van der Waals surface area contributed by atoms with Gasteiger partial charge < -0.3 is 4.42 Å². The highest BCUT2D eigenvalue weighted by Crippen LogP contribution is 2.25. The van der Waals surface area contributed by atoms with Crippen molar-refractivity contribution in [1.82, 2.24) is 4.98 Å². The van der Waals surface area contributed by atoms with Crippen molar-refractivity contribution in [3.05, 3.63) is 66.8 Å². The van der Waals surface area contributed by atoms with Crippen LogP contribution in [0.2, 0.25) is 0 Å². The number of oxazole rings is 1. The molecule has 0 bridgehead atoms. The quantitative estimate of drug-likeness (QED) is 0.706. The lowest BCUT2D eigenvalue weighted by Gasteiger charge is -2.22. The Kier molecular flexibility index (Phi) is 4.40. The van der Waals surface area contributed by atoms with E-state index in [-0.39, 0.29) is 4.90 Å². The molecule has 0 aliphatic heterocycles. The van der Waals surface area contributed by atoms with Crippen LogP contribution in [0.25, 0.3) is 11.3 Å². The highest BCUT2D eigenvalue weighted by Gasteiger charge is 2.23. The molecule has 24 heavy (non-hydrogen) atoms. The van der Waals surface area contributed by atoms with Crippen LogP contribution >= 0.6 is 0 Å². The third-order valence-electron chi connectivity index (χ3n) is 3.69.